The number of ether oxygens (including phenoxy) is 4. The summed E-state index contributed by atoms with van der Waals surface area (Å²) in [7, 11) is 1.32. The van der Waals surface area contributed by atoms with Crippen molar-refractivity contribution in [3.05, 3.63) is 53.6 Å². The van der Waals surface area contributed by atoms with Crippen molar-refractivity contribution >= 4 is 11.9 Å². The molecule has 3 rings (SSSR count). The van der Waals surface area contributed by atoms with Crippen LogP contribution in [0.5, 0.6) is 17.2 Å². The first-order valence-corrected chi connectivity index (χ1v) is 8.62. The van der Waals surface area contributed by atoms with Crippen LogP contribution in [-0.4, -0.2) is 45.4 Å². The second kappa shape index (κ2) is 8.93. The van der Waals surface area contributed by atoms with Crippen LogP contribution in [0.15, 0.2) is 42.5 Å². The molecule has 7 heteroatoms. The summed E-state index contributed by atoms with van der Waals surface area (Å²) in [5, 5.41) is 2.81. The maximum atomic E-state index is 11.9. The van der Waals surface area contributed by atoms with E-state index in [-0.39, 0.29) is 12.5 Å². The Bertz CT molecular complexity index is 803. The number of rotatable bonds is 7. The number of hydrogen-bond acceptors (Lipinski definition) is 6. The zero-order valence-corrected chi connectivity index (χ0v) is 15.0. The summed E-state index contributed by atoms with van der Waals surface area (Å²) >= 11 is 0. The lowest BCUT2D eigenvalue weighted by molar-refractivity contribution is -0.123. The predicted octanol–water partition coefficient (Wildman–Crippen LogP) is 1.98. The molecule has 2 aromatic carbocycles. The molecular weight excluding hydrogens is 350 g/mol. The third kappa shape index (κ3) is 5.13. The topological polar surface area (TPSA) is 83.1 Å². The van der Waals surface area contributed by atoms with Gasteiger partial charge < -0.3 is 24.3 Å². The lowest BCUT2D eigenvalue weighted by atomic mass is 10.1. The molecule has 0 saturated carbocycles. The quantitative estimate of drug-likeness (QED) is 0.750. The van der Waals surface area contributed by atoms with Crippen molar-refractivity contribution < 1.29 is 28.5 Å². The van der Waals surface area contributed by atoms with Crippen LogP contribution in [0.25, 0.3) is 0 Å². The summed E-state index contributed by atoms with van der Waals surface area (Å²) in [4.78, 5) is 23.3. The minimum atomic E-state index is -0.418. The highest BCUT2D eigenvalue weighted by molar-refractivity contribution is 5.89. The number of methoxy groups -OCH3 is 1. The summed E-state index contributed by atoms with van der Waals surface area (Å²) in [6.45, 7) is 1.50. The molecule has 1 aliphatic heterocycles. The van der Waals surface area contributed by atoms with E-state index >= 15 is 0 Å². The van der Waals surface area contributed by atoms with Gasteiger partial charge in [0.1, 0.15) is 19.0 Å². The number of esters is 1. The smallest absolute Gasteiger partial charge is 0.337 e. The van der Waals surface area contributed by atoms with Crippen molar-refractivity contribution in [1.29, 1.82) is 0 Å². The van der Waals surface area contributed by atoms with Gasteiger partial charge in [0, 0.05) is 6.54 Å². The van der Waals surface area contributed by atoms with Crippen LogP contribution in [-0.2, 0) is 16.0 Å². The van der Waals surface area contributed by atoms with E-state index in [0.29, 0.717) is 37.5 Å². The molecule has 142 valence electrons. The Hall–Kier alpha value is -3.22. The van der Waals surface area contributed by atoms with E-state index in [2.05, 4.69) is 10.1 Å². The average Bonchev–Trinajstić information content (AvgIpc) is 2.72. The van der Waals surface area contributed by atoms with Crippen LogP contribution in [0.1, 0.15) is 15.9 Å². The number of nitrogens with one attached hydrogen (secondary N) is 1. The lowest BCUT2D eigenvalue weighted by Gasteiger charge is -2.18. The van der Waals surface area contributed by atoms with Crippen LogP contribution < -0.4 is 19.5 Å². The molecule has 0 unspecified atom stereocenters. The number of fused-ring (bicyclic) bond motifs is 1. The summed E-state index contributed by atoms with van der Waals surface area (Å²) in [5.41, 5.74) is 1.48. The van der Waals surface area contributed by atoms with E-state index in [1.807, 2.05) is 18.2 Å². The molecule has 0 saturated heterocycles. The van der Waals surface area contributed by atoms with Crippen LogP contribution >= 0.6 is 0 Å². The minimum absolute atomic E-state index is 0.0985. The van der Waals surface area contributed by atoms with Gasteiger partial charge in [-0.2, -0.15) is 0 Å². The van der Waals surface area contributed by atoms with Crippen LogP contribution in [0.4, 0.5) is 0 Å². The summed E-state index contributed by atoms with van der Waals surface area (Å²) in [5.74, 6) is 1.36. The van der Waals surface area contributed by atoms with Gasteiger partial charge in [0.2, 0.25) is 0 Å². The molecule has 0 atom stereocenters. The maximum absolute atomic E-state index is 11.9. The SMILES string of the molecule is COC(=O)c1ccc(OCC(=O)NCCc2ccc3c(c2)OCCO3)cc1. The maximum Gasteiger partial charge on any atom is 0.337 e. The van der Waals surface area contributed by atoms with Crippen LogP contribution in [0.2, 0.25) is 0 Å². The Morgan fingerprint density at radius 3 is 2.52 bits per heavy atom. The van der Waals surface area contributed by atoms with Gasteiger partial charge in [0.25, 0.3) is 5.91 Å². The summed E-state index contributed by atoms with van der Waals surface area (Å²) in [6, 6.07) is 12.2. The van der Waals surface area contributed by atoms with Crippen LogP contribution in [0.3, 0.4) is 0 Å². The van der Waals surface area contributed by atoms with Gasteiger partial charge in [-0.3, -0.25) is 4.79 Å². The third-order valence-electron chi connectivity index (χ3n) is 3.99. The number of amides is 1. The highest BCUT2D eigenvalue weighted by atomic mass is 16.6. The van der Waals surface area contributed by atoms with Gasteiger partial charge in [-0.15, -0.1) is 0 Å². The average molecular weight is 371 g/mol. The molecule has 1 N–H and O–H groups in total. The zero-order valence-electron chi connectivity index (χ0n) is 15.0. The molecular formula is C20H21NO6. The molecule has 0 fully saturated rings. The molecule has 7 nitrogen and oxygen atoms in total. The number of benzene rings is 2. The van der Waals surface area contributed by atoms with E-state index in [9.17, 15) is 9.59 Å². The largest absolute Gasteiger partial charge is 0.486 e. The fourth-order valence-electron chi connectivity index (χ4n) is 2.59. The Balaban J connectivity index is 1.40. The number of carbonyl (C=O) groups is 2. The van der Waals surface area contributed by atoms with Crippen molar-refractivity contribution in [2.75, 3.05) is 33.5 Å². The number of hydrogen-bond donors (Lipinski definition) is 1. The van der Waals surface area contributed by atoms with Crippen molar-refractivity contribution in [1.82, 2.24) is 5.32 Å². The van der Waals surface area contributed by atoms with Crippen molar-refractivity contribution in [3.8, 4) is 17.2 Å². The highest BCUT2D eigenvalue weighted by Crippen LogP contribution is 2.30. The van der Waals surface area contributed by atoms with Gasteiger partial charge in [-0.05, 0) is 48.4 Å². The Kier molecular flexibility index (Phi) is 6.14. The first-order valence-electron chi connectivity index (χ1n) is 8.62. The van der Waals surface area contributed by atoms with Crippen molar-refractivity contribution in [3.63, 3.8) is 0 Å². The molecule has 27 heavy (non-hydrogen) atoms. The van der Waals surface area contributed by atoms with Crippen molar-refractivity contribution in [2.45, 2.75) is 6.42 Å². The van der Waals surface area contributed by atoms with Gasteiger partial charge in [0.15, 0.2) is 18.1 Å². The molecule has 1 aliphatic rings. The fraction of sp³-hybridized carbons (Fsp3) is 0.300. The van der Waals surface area contributed by atoms with E-state index in [1.165, 1.54) is 7.11 Å². The molecule has 0 aromatic heterocycles. The Morgan fingerprint density at radius 2 is 1.78 bits per heavy atom. The normalized spacial score (nSPS) is 12.2. The highest BCUT2D eigenvalue weighted by Gasteiger charge is 2.12. The Labute approximate surface area is 157 Å². The number of carbonyl (C=O) groups excluding carboxylic acids is 2. The standard InChI is InChI=1S/C20H21NO6/c1-24-20(23)15-3-5-16(6-4-15)27-13-19(22)21-9-8-14-2-7-17-18(12-14)26-11-10-25-17/h2-7,12H,8-11,13H2,1H3,(H,21,22). The molecule has 1 amide bonds. The van der Waals surface area contributed by atoms with E-state index < -0.39 is 5.97 Å². The van der Waals surface area contributed by atoms with Gasteiger partial charge >= 0.3 is 5.97 Å². The summed E-state index contributed by atoms with van der Waals surface area (Å²) < 4.78 is 21.1. The minimum Gasteiger partial charge on any atom is -0.486 e. The first kappa shape index (κ1) is 18.6. The molecule has 1 heterocycles. The second-order valence-corrected chi connectivity index (χ2v) is 5.88. The van der Waals surface area contributed by atoms with Crippen molar-refractivity contribution in [2.24, 2.45) is 0 Å². The van der Waals surface area contributed by atoms with E-state index in [0.717, 1.165) is 17.1 Å². The summed E-state index contributed by atoms with van der Waals surface area (Å²) in [6.07, 6.45) is 0.677. The molecule has 0 radical (unpaired) electrons. The van der Waals surface area contributed by atoms with E-state index in [1.54, 1.807) is 24.3 Å². The van der Waals surface area contributed by atoms with E-state index in [4.69, 9.17) is 14.2 Å². The lowest BCUT2D eigenvalue weighted by Crippen LogP contribution is -2.30. The third-order valence-corrected chi connectivity index (χ3v) is 3.99. The molecule has 0 bridgehead atoms. The second-order valence-electron chi connectivity index (χ2n) is 5.88. The Morgan fingerprint density at radius 1 is 1.04 bits per heavy atom. The van der Waals surface area contributed by atoms with Gasteiger partial charge in [-0.1, -0.05) is 6.07 Å². The molecule has 2 aromatic rings. The first-order chi connectivity index (χ1) is 13.2. The fourth-order valence-corrected chi connectivity index (χ4v) is 2.59. The molecule has 0 spiro atoms. The van der Waals surface area contributed by atoms with Gasteiger partial charge in [-0.25, -0.2) is 4.79 Å². The predicted molar refractivity (Wildman–Crippen MR) is 97.4 cm³/mol. The monoisotopic (exact) mass is 371 g/mol. The van der Waals surface area contributed by atoms with Gasteiger partial charge in [0.05, 0.1) is 12.7 Å². The molecule has 0 aliphatic carbocycles. The zero-order chi connectivity index (χ0) is 19.1. The van der Waals surface area contributed by atoms with Crippen LogP contribution in [0, 0.1) is 0 Å².